The van der Waals surface area contributed by atoms with Crippen LogP contribution in [0.3, 0.4) is 0 Å². The number of nitrogens with zero attached hydrogens (tertiary/aromatic N) is 2. The van der Waals surface area contributed by atoms with Crippen LogP contribution in [0.5, 0.6) is 0 Å². The number of sulfonamides is 1. The average molecular weight is 295 g/mol. The van der Waals surface area contributed by atoms with Gasteiger partial charge in [0.2, 0.25) is 0 Å². The minimum Gasteiger partial charge on any atom is -0.390 e. The van der Waals surface area contributed by atoms with E-state index in [9.17, 15) is 13.5 Å². The SMILES string of the molecule is CCn1cc(S(=O)(=O)Nc2ccnc(C)c2)cc1CO. The monoisotopic (exact) mass is 295 g/mol. The predicted molar refractivity (Wildman–Crippen MR) is 75.8 cm³/mol. The summed E-state index contributed by atoms with van der Waals surface area (Å²) in [7, 11) is -3.66. The lowest BCUT2D eigenvalue weighted by molar-refractivity contribution is 0.271. The third-order valence-electron chi connectivity index (χ3n) is 2.92. The third-order valence-corrected chi connectivity index (χ3v) is 4.27. The van der Waals surface area contributed by atoms with Crippen molar-refractivity contribution in [2.24, 2.45) is 0 Å². The maximum atomic E-state index is 12.3. The molecule has 0 aliphatic heterocycles. The summed E-state index contributed by atoms with van der Waals surface area (Å²) in [6, 6.07) is 4.72. The molecule has 2 heterocycles. The van der Waals surface area contributed by atoms with Gasteiger partial charge in [0.15, 0.2) is 0 Å². The van der Waals surface area contributed by atoms with Gasteiger partial charge in [0.1, 0.15) is 4.90 Å². The van der Waals surface area contributed by atoms with Gasteiger partial charge in [0.05, 0.1) is 12.3 Å². The van der Waals surface area contributed by atoms with Gasteiger partial charge in [-0.3, -0.25) is 9.71 Å². The number of anilines is 1. The minimum atomic E-state index is -3.66. The molecule has 0 radical (unpaired) electrons. The maximum Gasteiger partial charge on any atom is 0.263 e. The number of aliphatic hydroxyl groups is 1. The van der Waals surface area contributed by atoms with E-state index in [2.05, 4.69) is 9.71 Å². The first-order chi connectivity index (χ1) is 9.46. The fourth-order valence-corrected chi connectivity index (χ4v) is 3.03. The van der Waals surface area contributed by atoms with Gasteiger partial charge < -0.3 is 9.67 Å². The molecule has 0 fully saturated rings. The first-order valence-electron chi connectivity index (χ1n) is 6.21. The quantitative estimate of drug-likeness (QED) is 0.875. The summed E-state index contributed by atoms with van der Waals surface area (Å²) >= 11 is 0. The van der Waals surface area contributed by atoms with Crippen LogP contribution in [0.15, 0.2) is 35.5 Å². The lowest BCUT2D eigenvalue weighted by atomic mass is 10.3. The first kappa shape index (κ1) is 14.5. The Morgan fingerprint density at radius 3 is 2.70 bits per heavy atom. The summed E-state index contributed by atoms with van der Waals surface area (Å²) in [4.78, 5) is 4.15. The van der Waals surface area contributed by atoms with Gasteiger partial charge in [-0.25, -0.2) is 8.42 Å². The Hall–Kier alpha value is -1.86. The van der Waals surface area contributed by atoms with E-state index in [1.807, 2.05) is 6.92 Å². The number of pyridine rings is 1. The fourth-order valence-electron chi connectivity index (χ4n) is 1.92. The van der Waals surface area contributed by atoms with Crippen LogP contribution in [-0.2, 0) is 23.2 Å². The highest BCUT2D eigenvalue weighted by atomic mass is 32.2. The van der Waals surface area contributed by atoms with Crippen LogP contribution >= 0.6 is 0 Å². The Balaban J connectivity index is 2.33. The van der Waals surface area contributed by atoms with E-state index >= 15 is 0 Å². The summed E-state index contributed by atoms with van der Waals surface area (Å²) < 4.78 is 28.8. The van der Waals surface area contributed by atoms with Crippen molar-refractivity contribution in [3.63, 3.8) is 0 Å². The van der Waals surface area contributed by atoms with E-state index in [0.29, 0.717) is 17.9 Å². The Labute approximate surface area is 118 Å². The Morgan fingerprint density at radius 1 is 1.40 bits per heavy atom. The molecule has 7 heteroatoms. The van der Waals surface area contributed by atoms with Crippen LogP contribution in [0.4, 0.5) is 5.69 Å². The maximum absolute atomic E-state index is 12.3. The van der Waals surface area contributed by atoms with Crippen molar-refractivity contribution < 1.29 is 13.5 Å². The molecule has 0 spiro atoms. The Kier molecular flexibility index (Phi) is 4.10. The summed E-state index contributed by atoms with van der Waals surface area (Å²) in [5, 5.41) is 9.21. The van der Waals surface area contributed by atoms with Crippen molar-refractivity contribution in [2.75, 3.05) is 4.72 Å². The highest BCUT2D eigenvalue weighted by Gasteiger charge is 2.18. The van der Waals surface area contributed by atoms with E-state index in [-0.39, 0.29) is 11.5 Å². The van der Waals surface area contributed by atoms with Gasteiger partial charge >= 0.3 is 0 Å². The fraction of sp³-hybridized carbons (Fsp3) is 0.308. The second-order valence-corrected chi connectivity index (χ2v) is 6.09. The lowest BCUT2D eigenvalue weighted by Gasteiger charge is -2.06. The van der Waals surface area contributed by atoms with Crippen molar-refractivity contribution in [1.29, 1.82) is 0 Å². The molecule has 0 bridgehead atoms. The van der Waals surface area contributed by atoms with E-state index in [4.69, 9.17) is 0 Å². The molecule has 2 rings (SSSR count). The summed E-state index contributed by atoms with van der Waals surface area (Å²) in [5.74, 6) is 0. The summed E-state index contributed by atoms with van der Waals surface area (Å²) in [6.45, 7) is 4.07. The number of nitrogens with one attached hydrogen (secondary N) is 1. The molecule has 0 saturated carbocycles. The van der Waals surface area contributed by atoms with Crippen molar-refractivity contribution in [3.05, 3.63) is 42.0 Å². The number of aryl methyl sites for hydroxylation is 2. The number of aliphatic hydroxyl groups excluding tert-OH is 1. The van der Waals surface area contributed by atoms with Gasteiger partial charge in [-0.15, -0.1) is 0 Å². The van der Waals surface area contributed by atoms with Crippen molar-refractivity contribution in [2.45, 2.75) is 31.9 Å². The molecule has 2 aromatic rings. The smallest absolute Gasteiger partial charge is 0.263 e. The molecule has 2 N–H and O–H groups in total. The molecule has 0 aliphatic carbocycles. The molecule has 0 aromatic carbocycles. The van der Waals surface area contributed by atoms with Crippen molar-refractivity contribution >= 4 is 15.7 Å². The minimum absolute atomic E-state index is 0.137. The van der Waals surface area contributed by atoms with Gasteiger partial charge in [0.25, 0.3) is 10.0 Å². The zero-order valence-electron chi connectivity index (χ0n) is 11.4. The largest absolute Gasteiger partial charge is 0.390 e. The zero-order valence-corrected chi connectivity index (χ0v) is 12.2. The van der Waals surface area contributed by atoms with Crippen LogP contribution in [0, 0.1) is 6.92 Å². The summed E-state index contributed by atoms with van der Waals surface area (Å²) in [6.07, 6.45) is 3.06. The normalized spacial score (nSPS) is 11.6. The van der Waals surface area contributed by atoms with E-state index in [1.54, 1.807) is 29.8 Å². The third kappa shape index (κ3) is 3.00. The molecule has 0 aliphatic rings. The molecule has 0 amide bonds. The topological polar surface area (TPSA) is 84.2 Å². The molecule has 0 atom stereocenters. The number of hydrogen-bond donors (Lipinski definition) is 2. The molecule has 6 nitrogen and oxygen atoms in total. The average Bonchev–Trinajstić information content (AvgIpc) is 2.82. The van der Waals surface area contributed by atoms with Gasteiger partial charge in [-0.2, -0.15) is 0 Å². The van der Waals surface area contributed by atoms with Crippen molar-refractivity contribution in [3.8, 4) is 0 Å². The highest BCUT2D eigenvalue weighted by Crippen LogP contribution is 2.19. The zero-order chi connectivity index (χ0) is 14.8. The molecule has 108 valence electrons. The van der Waals surface area contributed by atoms with Gasteiger partial charge in [-0.05, 0) is 32.0 Å². The molecular formula is C13H17N3O3S. The molecule has 2 aromatic heterocycles. The van der Waals surface area contributed by atoms with Crippen LogP contribution in [0.1, 0.15) is 18.3 Å². The second-order valence-electron chi connectivity index (χ2n) is 4.40. The molecular weight excluding hydrogens is 278 g/mol. The molecule has 20 heavy (non-hydrogen) atoms. The van der Waals surface area contributed by atoms with Crippen LogP contribution in [0.2, 0.25) is 0 Å². The number of hydrogen-bond acceptors (Lipinski definition) is 4. The van der Waals surface area contributed by atoms with Crippen molar-refractivity contribution in [1.82, 2.24) is 9.55 Å². The van der Waals surface area contributed by atoms with Crippen LogP contribution < -0.4 is 4.72 Å². The van der Waals surface area contributed by atoms with E-state index in [0.717, 1.165) is 5.69 Å². The lowest BCUT2D eigenvalue weighted by Crippen LogP contribution is -2.12. The Morgan fingerprint density at radius 2 is 2.15 bits per heavy atom. The second kappa shape index (κ2) is 5.64. The van der Waals surface area contributed by atoms with Gasteiger partial charge in [-0.1, -0.05) is 0 Å². The van der Waals surface area contributed by atoms with E-state index in [1.165, 1.54) is 12.3 Å². The van der Waals surface area contributed by atoms with Gasteiger partial charge in [0, 0.05) is 30.3 Å². The Bertz CT molecular complexity index is 686. The standard InChI is InChI=1S/C13H17N3O3S/c1-3-16-8-13(7-12(16)9-17)20(18,19)15-11-4-5-14-10(2)6-11/h4-8,17H,3,9H2,1-2H3,(H,14,15). The first-order valence-corrected chi connectivity index (χ1v) is 7.70. The number of rotatable bonds is 5. The van der Waals surface area contributed by atoms with Crippen LogP contribution in [-0.4, -0.2) is 23.1 Å². The molecule has 0 saturated heterocycles. The molecule has 0 unspecified atom stereocenters. The predicted octanol–water partition coefficient (Wildman–Crippen LogP) is 1.50. The highest BCUT2D eigenvalue weighted by molar-refractivity contribution is 7.92. The number of aromatic nitrogens is 2. The van der Waals surface area contributed by atoms with E-state index < -0.39 is 10.0 Å². The summed E-state index contributed by atoms with van der Waals surface area (Å²) in [5.41, 5.74) is 1.76. The van der Waals surface area contributed by atoms with Crippen LogP contribution in [0.25, 0.3) is 0 Å².